The molecule has 3 rings (SSSR count). The molecule has 2 aromatic rings. The Morgan fingerprint density at radius 2 is 2.35 bits per heavy atom. The van der Waals surface area contributed by atoms with Crippen molar-refractivity contribution in [1.29, 1.82) is 0 Å². The van der Waals surface area contributed by atoms with Crippen LogP contribution in [-0.4, -0.2) is 28.9 Å². The first-order chi connectivity index (χ1) is 8.34. The SMILES string of the molecule is Cn1c(OCC2CCCO2)nc2ccccc21. The van der Waals surface area contributed by atoms with Gasteiger partial charge in [0, 0.05) is 13.7 Å². The molecule has 1 atom stereocenters. The lowest BCUT2D eigenvalue weighted by atomic mass is 10.2. The first-order valence-corrected chi connectivity index (χ1v) is 6.00. The van der Waals surface area contributed by atoms with E-state index < -0.39 is 0 Å². The minimum Gasteiger partial charge on any atom is -0.462 e. The number of aromatic nitrogens is 2. The second-order valence-corrected chi connectivity index (χ2v) is 4.39. The van der Waals surface area contributed by atoms with Gasteiger partial charge in [0.15, 0.2) is 0 Å². The van der Waals surface area contributed by atoms with Crippen molar-refractivity contribution in [2.45, 2.75) is 18.9 Å². The van der Waals surface area contributed by atoms with Crippen LogP contribution < -0.4 is 4.74 Å². The maximum Gasteiger partial charge on any atom is 0.297 e. The van der Waals surface area contributed by atoms with Gasteiger partial charge in [0.25, 0.3) is 6.01 Å². The van der Waals surface area contributed by atoms with Gasteiger partial charge >= 0.3 is 0 Å². The third kappa shape index (κ3) is 2.00. The largest absolute Gasteiger partial charge is 0.462 e. The molecule has 90 valence electrons. The third-order valence-electron chi connectivity index (χ3n) is 3.17. The van der Waals surface area contributed by atoms with E-state index in [9.17, 15) is 0 Å². The molecule has 0 N–H and O–H groups in total. The molecule has 1 fully saturated rings. The van der Waals surface area contributed by atoms with Crippen molar-refractivity contribution in [1.82, 2.24) is 9.55 Å². The Labute approximate surface area is 100 Å². The molecule has 1 unspecified atom stereocenters. The summed E-state index contributed by atoms with van der Waals surface area (Å²) >= 11 is 0. The molecule has 1 aromatic carbocycles. The van der Waals surface area contributed by atoms with E-state index in [4.69, 9.17) is 9.47 Å². The van der Waals surface area contributed by atoms with E-state index in [1.165, 1.54) is 0 Å². The highest BCUT2D eigenvalue weighted by molar-refractivity contribution is 5.76. The Morgan fingerprint density at radius 3 is 3.12 bits per heavy atom. The van der Waals surface area contributed by atoms with Crippen molar-refractivity contribution in [3.63, 3.8) is 0 Å². The van der Waals surface area contributed by atoms with Crippen molar-refractivity contribution >= 4 is 11.0 Å². The Kier molecular flexibility index (Phi) is 2.73. The number of ether oxygens (including phenoxy) is 2. The van der Waals surface area contributed by atoms with Gasteiger partial charge in [-0.1, -0.05) is 12.1 Å². The zero-order chi connectivity index (χ0) is 11.7. The first-order valence-electron chi connectivity index (χ1n) is 6.00. The lowest BCUT2D eigenvalue weighted by Crippen LogP contribution is -2.17. The van der Waals surface area contributed by atoms with Gasteiger partial charge in [-0.25, -0.2) is 0 Å². The van der Waals surface area contributed by atoms with Gasteiger partial charge in [0.2, 0.25) is 0 Å². The molecule has 1 aliphatic heterocycles. The van der Waals surface area contributed by atoms with E-state index >= 15 is 0 Å². The van der Waals surface area contributed by atoms with Crippen molar-refractivity contribution in [2.24, 2.45) is 7.05 Å². The molecule has 1 saturated heterocycles. The van der Waals surface area contributed by atoms with Gasteiger partial charge in [-0.05, 0) is 25.0 Å². The quantitative estimate of drug-likeness (QED) is 0.813. The fourth-order valence-electron chi connectivity index (χ4n) is 2.20. The summed E-state index contributed by atoms with van der Waals surface area (Å²) in [7, 11) is 1.97. The van der Waals surface area contributed by atoms with Crippen molar-refractivity contribution in [2.75, 3.05) is 13.2 Å². The van der Waals surface area contributed by atoms with E-state index in [1.54, 1.807) is 0 Å². The molecule has 0 saturated carbocycles. The minimum atomic E-state index is 0.231. The van der Waals surface area contributed by atoms with Gasteiger partial charge in [0.1, 0.15) is 6.61 Å². The summed E-state index contributed by atoms with van der Waals surface area (Å²) in [6.45, 7) is 1.45. The highest BCUT2D eigenvalue weighted by Crippen LogP contribution is 2.20. The maximum absolute atomic E-state index is 5.73. The van der Waals surface area contributed by atoms with E-state index in [-0.39, 0.29) is 6.10 Å². The molecule has 0 bridgehead atoms. The molecule has 2 heterocycles. The number of imidazole rings is 1. The minimum absolute atomic E-state index is 0.231. The second kappa shape index (κ2) is 4.37. The van der Waals surface area contributed by atoms with Crippen molar-refractivity contribution in [3.05, 3.63) is 24.3 Å². The van der Waals surface area contributed by atoms with Crippen LogP contribution in [0.25, 0.3) is 11.0 Å². The molecule has 0 radical (unpaired) electrons. The number of para-hydroxylation sites is 2. The molecule has 1 aliphatic rings. The lowest BCUT2D eigenvalue weighted by molar-refractivity contribution is 0.0636. The fourth-order valence-corrected chi connectivity index (χ4v) is 2.20. The molecule has 17 heavy (non-hydrogen) atoms. The Hall–Kier alpha value is -1.55. The smallest absolute Gasteiger partial charge is 0.297 e. The second-order valence-electron chi connectivity index (χ2n) is 4.39. The van der Waals surface area contributed by atoms with E-state index in [0.717, 1.165) is 30.5 Å². The molecule has 0 aliphatic carbocycles. The van der Waals surface area contributed by atoms with Crippen LogP contribution in [0.1, 0.15) is 12.8 Å². The van der Waals surface area contributed by atoms with Crippen molar-refractivity contribution < 1.29 is 9.47 Å². The van der Waals surface area contributed by atoms with Crippen LogP contribution in [0.2, 0.25) is 0 Å². The predicted octanol–water partition coefficient (Wildman–Crippen LogP) is 2.13. The van der Waals surface area contributed by atoms with Crippen LogP contribution in [0, 0.1) is 0 Å². The summed E-state index contributed by atoms with van der Waals surface area (Å²) in [6.07, 6.45) is 2.45. The number of hydrogen-bond donors (Lipinski definition) is 0. The summed E-state index contributed by atoms with van der Waals surface area (Å²) in [5, 5.41) is 0. The summed E-state index contributed by atoms with van der Waals surface area (Å²) in [5.41, 5.74) is 2.06. The Bertz CT molecular complexity index is 515. The normalized spacial score (nSPS) is 19.9. The monoisotopic (exact) mass is 232 g/mol. The molecule has 0 amide bonds. The van der Waals surface area contributed by atoms with Crippen molar-refractivity contribution in [3.8, 4) is 6.01 Å². The van der Waals surface area contributed by atoms with Crippen LogP contribution in [0.15, 0.2) is 24.3 Å². The zero-order valence-corrected chi connectivity index (χ0v) is 9.93. The van der Waals surface area contributed by atoms with Gasteiger partial charge in [0.05, 0.1) is 17.1 Å². The zero-order valence-electron chi connectivity index (χ0n) is 9.93. The third-order valence-corrected chi connectivity index (χ3v) is 3.17. The van der Waals surface area contributed by atoms with E-state index in [0.29, 0.717) is 12.6 Å². The van der Waals surface area contributed by atoms with Gasteiger partial charge in [-0.3, -0.25) is 4.57 Å². The van der Waals surface area contributed by atoms with E-state index in [2.05, 4.69) is 4.98 Å². The van der Waals surface area contributed by atoms with Crippen LogP contribution in [0.3, 0.4) is 0 Å². The predicted molar refractivity (Wildman–Crippen MR) is 65.2 cm³/mol. The van der Waals surface area contributed by atoms with Gasteiger partial charge in [-0.2, -0.15) is 4.98 Å². The number of rotatable bonds is 3. The van der Waals surface area contributed by atoms with Crippen LogP contribution in [0.5, 0.6) is 6.01 Å². The first kappa shape index (κ1) is 10.6. The number of nitrogens with zero attached hydrogens (tertiary/aromatic N) is 2. The van der Waals surface area contributed by atoms with E-state index in [1.807, 2.05) is 35.9 Å². The average molecular weight is 232 g/mol. The number of fused-ring (bicyclic) bond motifs is 1. The summed E-state index contributed by atoms with van der Waals surface area (Å²) in [4.78, 5) is 4.46. The number of benzene rings is 1. The lowest BCUT2D eigenvalue weighted by Gasteiger charge is -2.10. The van der Waals surface area contributed by atoms with Crippen LogP contribution in [-0.2, 0) is 11.8 Å². The molecular weight excluding hydrogens is 216 g/mol. The number of hydrogen-bond acceptors (Lipinski definition) is 3. The molecular formula is C13H16N2O2. The molecule has 0 spiro atoms. The highest BCUT2D eigenvalue weighted by Gasteiger charge is 2.17. The van der Waals surface area contributed by atoms with Crippen LogP contribution >= 0.6 is 0 Å². The maximum atomic E-state index is 5.73. The molecule has 4 nitrogen and oxygen atoms in total. The van der Waals surface area contributed by atoms with Gasteiger partial charge in [-0.15, -0.1) is 0 Å². The standard InChI is InChI=1S/C13H16N2O2/c1-15-12-7-3-2-6-11(12)14-13(15)17-9-10-5-4-8-16-10/h2-3,6-7,10H,4-5,8-9H2,1H3. The average Bonchev–Trinajstić information content (AvgIpc) is 2.96. The number of aryl methyl sites for hydroxylation is 1. The fraction of sp³-hybridized carbons (Fsp3) is 0.462. The highest BCUT2D eigenvalue weighted by atomic mass is 16.5. The summed E-state index contributed by atoms with van der Waals surface area (Å²) < 4.78 is 13.2. The topological polar surface area (TPSA) is 36.3 Å². The Morgan fingerprint density at radius 1 is 1.47 bits per heavy atom. The summed E-state index contributed by atoms with van der Waals surface area (Å²) in [6, 6.07) is 8.70. The van der Waals surface area contributed by atoms with Crippen LogP contribution in [0.4, 0.5) is 0 Å². The molecule has 1 aromatic heterocycles. The summed E-state index contributed by atoms with van der Waals surface area (Å²) in [5.74, 6) is 0. The molecule has 4 heteroatoms. The Balaban J connectivity index is 1.78. The van der Waals surface area contributed by atoms with Gasteiger partial charge < -0.3 is 9.47 Å².